The van der Waals surface area contributed by atoms with Crippen molar-refractivity contribution in [3.05, 3.63) is 40.8 Å². The number of hydrogen-bond donors (Lipinski definition) is 1. The molecule has 0 aliphatic carbocycles. The standard InChI is InChI=1S/C23H31N5O2/c1-16-11-17(2)14-27(13-16)10-6-9-24-21(29)15-28-23(30)22-19(12-25-28)18-7-4-5-8-20(18)26(22)3/h4-5,7-8,12,16-17H,6,9-11,13-15H2,1-3H3,(H,24,29). The van der Waals surface area contributed by atoms with Gasteiger partial charge in [-0.05, 0) is 37.3 Å². The molecule has 30 heavy (non-hydrogen) atoms. The van der Waals surface area contributed by atoms with Gasteiger partial charge in [-0.1, -0.05) is 32.0 Å². The Bertz CT molecular complexity index is 1110. The van der Waals surface area contributed by atoms with Gasteiger partial charge in [-0.15, -0.1) is 0 Å². The molecule has 2 unspecified atom stereocenters. The number of aromatic nitrogens is 3. The second-order valence-electron chi connectivity index (χ2n) is 8.85. The number of likely N-dealkylation sites (tertiary alicyclic amines) is 1. The molecular formula is C23H31N5O2. The molecular weight excluding hydrogens is 378 g/mol. The highest BCUT2D eigenvalue weighted by Gasteiger charge is 2.21. The number of benzene rings is 1. The molecule has 0 bridgehead atoms. The summed E-state index contributed by atoms with van der Waals surface area (Å²) in [5, 5.41) is 9.00. The van der Waals surface area contributed by atoms with Gasteiger partial charge in [-0.25, -0.2) is 4.68 Å². The van der Waals surface area contributed by atoms with Crippen molar-refractivity contribution in [2.45, 2.75) is 33.2 Å². The predicted molar refractivity (Wildman–Crippen MR) is 119 cm³/mol. The van der Waals surface area contributed by atoms with Crippen LogP contribution in [-0.2, 0) is 18.4 Å². The summed E-state index contributed by atoms with van der Waals surface area (Å²) in [7, 11) is 1.87. The molecule has 1 N–H and O–H groups in total. The number of rotatable bonds is 6. The molecule has 1 aromatic carbocycles. The number of carbonyl (C=O) groups excluding carboxylic acids is 1. The van der Waals surface area contributed by atoms with Gasteiger partial charge >= 0.3 is 0 Å². The fraction of sp³-hybridized carbons (Fsp3) is 0.522. The summed E-state index contributed by atoms with van der Waals surface area (Å²) in [5.41, 5.74) is 1.32. The Morgan fingerprint density at radius 1 is 1.17 bits per heavy atom. The fourth-order valence-corrected chi connectivity index (χ4v) is 4.92. The minimum atomic E-state index is -0.238. The third-order valence-corrected chi connectivity index (χ3v) is 6.12. The maximum absolute atomic E-state index is 12.9. The van der Waals surface area contributed by atoms with E-state index in [1.807, 2.05) is 35.9 Å². The Morgan fingerprint density at radius 2 is 1.90 bits per heavy atom. The van der Waals surface area contributed by atoms with Crippen LogP contribution in [0.15, 0.2) is 35.3 Å². The minimum absolute atomic E-state index is 0.0614. The van der Waals surface area contributed by atoms with Crippen LogP contribution in [0.3, 0.4) is 0 Å². The van der Waals surface area contributed by atoms with E-state index in [0.29, 0.717) is 12.1 Å². The molecule has 1 amide bonds. The molecule has 3 heterocycles. The molecule has 0 saturated carbocycles. The van der Waals surface area contributed by atoms with Crippen molar-refractivity contribution in [1.82, 2.24) is 24.6 Å². The van der Waals surface area contributed by atoms with Crippen molar-refractivity contribution in [2.24, 2.45) is 18.9 Å². The normalized spacial score (nSPS) is 20.1. The summed E-state index contributed by atoms with van der Waals surface area (Å²) in [6, 6.07) is 7.87. The summed E-state index contributed by atoms with van der Waals surface area (Å²) in [6.45, 7) is 8.45. The molecule has 1 saturated heterocycles. The summed E-state index contributed by atoms with van der Waals surface area (Å²) >= 11 is 0. The SMILES string of the molecule is CC1CC(C)CN(CCCNC(=O)Cn2ncc3c4ccccc4n(C)c3c2=O)C1. The van der Waals surface area contributed by atoms with Gasteiger partial charge in [0.05, 0.1) is 6.20 Å². The van der Waals surface area contributed by atoms with Gasteiger partial charge in [0, 0.05) is 43.0 Å². The molecule has 160 valence electrons. The smallest absolute Gasteiger partial charge is 0.291 e. The molecule has 3 aromatic rings. The molecule has 2 atom stereocenters. The van der Waals surface area contributed by atoms with Crippen LogP contribution in [0.25, 0.3) is 21.8 Å². The van der Waals surface area contributed by atoms with E-state index in [1.54, 1.807) is 6.20 Å². The number of para-hydroxylation sites is 1. The second-order valence-corrected chi connectivity index (χ2v) is 8.85. The van der Waals surface area contributed by atoms with E-state index < -0.39 is 0 Å². The van der Waals surface area contributed by atoms with Crippen LogP contribution in [0.2, 0.25) is 0 Å². The first-order valence-electron chi connectivity index (χ1n) is 10.9. The van der Waals surface area contributed by atoms with E-state index in [-0.39, 0.29) is 18.0 Å². The van der Waals surface area contributed by atoms with Gasteiger partial charge in [0.2, 0.25) is 5.91 Å². The summed E-state index contributed by atoms with van der Waals surface area (Å²) < 4.78 is 3.13. The monoisotopic (exact) mass is 409 g/mol. The molecule has 0 radical (unpaired) electrons. The second kappa shape index (κ2) is 8.60. The van der Waals surface area contributed by atoms with Crippen LogP contribution in [0, 0.1) is 11.8 Å². The lowest BCUT2D eigenvalue weighted by atomic mass is 9.92. The van der Waals surface area contributed by atoms with Crippen LogP contribution in [0.4, 0.5) is 0 Å². The number of aryl methyl sites for hydroxylation is 1. The first kappa shape index (κ1) is 20.6. The van der Waals surface area contributed by atoms with Crippen molar-refractivity contribution in [2.75, 3.05) is 26.2 Å². The van der Waals surface area contributed by atoms with Crippen LogP contribution in [0.1, 0.15) is 26.7 Å². The Hall–Kier alpha value is -2.67. The topological polar surface area (TPSA) is 72.2 Å². The zero-order valence-corrected chi connectivity index (χ0v) is 18.1. The molecule has 7 nitrogen and oxygen atoms in total. The van der Waals surface area contributed by atoms with Gasteiger partial charge in [0.25, 0.3) is 5.56 Å². The van der Waals surface area contributed by atoms with Crippen molar-refractivity contribution >= 4 is 27.7 Å². The van der Waals surface area contributed by atoms with E-state index >= 15 is 0 Å². The molecule has 7 heteroatoms. The zero-order valence-electron chi connectivity index (χ0n) is 18.1. The largest absolute Gasteiger partial charge is 0.354 e. The predicted octanol–water partition coefficient (Wildman–Crippen LogP) is 2.37. The highest BCUT2D eigenvalue weighted by atomic mass is 16.2. The molecule has 1 aliphatic heterocycles. The lowest BCUT2D eigenvalue weighted by molar-refractivity contribution is -0.121. The maximum atomic E-state index is 12.9. The van der Waals surface area contributed by atoms with Crippen molar-refractivity contribution < 1.29 is 4.79 Å². The highest BCUT2D eigenvalue weighted by molar-refractivity contribution is 6.07. The fourth-order valence-electron chi connectivity index (χ4n) is 4.92. The summed E-state index contributed by atoms with van der Waals surface area (Å²) in [5.74, 6) is 1.30. The van der Waals surface area contributed by atoms with Crippen molar-refractivity contribution in [3.8, 4) is 0 Å². The Morgan fingerprint density at radius 3 is 2.67 bits per heavy atom. The third kappa shape index (κ3) is 4.12. The quantitative estimate of drug-likeness (QED) is 0.635. The number of piperidine rings is 1. The van der Waals surface area contributed by atoms with Gasteiger partial charge in [-0.3, -0.25) is 9.59 Å². The number of hydrogen-bond acceptors (Lipinski definition) is 4. The van der Waals surface area contributed by atoms with E-state index in [1.165, 1.54) is 11.1 Å². The lowest BCUT2D eigenvalue weighted by Crippen LogP contribution is -2.40. The van der Waals surface area contributed by atoms with E-state index in [4.69, 9.17) is 0 Å². The average Bonchev–Trinajstić information content (AvgIpc) is 3.00. The first-order chi connectivity index (χ1) is 14.4. The number of nitrogens with one attached hydrogen (secondary N) is 1. The number of fused-ring (bicyclic) bond motifs is 3. The molecule has 2 aromatic heterocycles. The first-order valence-corrected chi connectivity index (χ1v) is 10.9. The molecule has 0 spiro atoms. The molecule has 1 fully saturated rings. The van der Waals surface area contributed by atoms with Crippen molar-refractivity contribution in [3.63, 3.8) is 0 Å². The van der Waals surface area contributed by atoms with Gasteiger partial charge in [-0.2, -0.15) is 5.10 Å². The zero-order chi connectivity index (χ0) is 21.3. The Labute approximate surface area is 176 Å². The van der Waals surface area contributed by atoms with E-state index in [2.05, 4.69) is 29.2 Å². The Balaban J connectivity index is 1.36. The van der Waals surface area contributed by atoms with Gasteiger partial charge < -0.3 is 14.8 Å². The number of amides is 1. The van der Waals surface area contributed by atoms with E-state index in [0.717, 1.165) is 54.2 Å². The summed E-state index contributed by atoms with van der Waals surface area (Å²) in [6.07, 6.45) is 3.90. The average molecular weight is 410 g/mol. The van der Waals surface area contributed by atoms with Crippen LogP contribution in [0.5, 0.6) is 0 Å². The molecule has 1 aliphatic rings. The molecule has 4 rings (SSSR count). The van der Waals surface area contributed by atoms with E-state index in [9.17, 15) is 9.59 Å². The van der Waals surface area contributed by atoms with Crippen molar-refractivity contribution in [1.29, 1.82) is 0 Å². The summed E-state index contributed by atoms with van der Waals surface area (Å²) in [4.78, 5) is 27.8. The highest BCUT2D eigenvalue weighted by Crippen LogP contribution is 2.24. The van der Waals surface area contributed by atoms with Crippen LogP contribution >= 0.6 is 0 Å². The lowest BCUT2D eigenvalue weighted by Gasteiger charge is -2.34. The van der Waals surface area contributed by atoms with Crippen LogP contribution < -0.4 is 10.9 Å². The van der Waals surface area contributed by atoms with Gasteiger partial charge in [0.15, 0.2) is 0 Å². The Kier molecular flexibility index (Phi) is 5.90. The van der Waals surface area contributed by atoms with Crippen LogP contribution in [-0.4, -0.2) is 51.3 Å². The third-order valence-electron chi connectivity index (χ3n) is 6.12. The van der Waals surface area contributed by atoms with Gasteiger partial charge in [0.1, 0.15) is 12.1 Å². The number of nitrogens with zero attached hydrogens (tertiary/aromatic N) is 4. The maximum Gasteiger partial charge on any atom is 0.291 e. The number of carbonyl (C=O) groups is 1. The minimum Gasteiger partial charge on any atom is -0.354 e.